The Hall–Kier alpha value is -0.360. The monoisotopic (exact) mass is 222 g/mol. The molecule has 0 spiro atoms. The molecule has 2 atom stereocenters. The Labute approximate surface area is 85.1 Å². The van der Waals surface area contributed by atoms with Crippen LogP contribution in [0.3, 0.4) is 0 Å². The van der Waals surface area contributed by atoms with Crippen molar-refractivity contribution in [1.29, 1.82) is 0 Å². The second-order valence-corrected chi connectivity index (χ2v) is 5.40. The zero-order chi connectivity index (χ0) is 10.4. The zero-order valence-electron chi connectivity index (χ0n) is 7.31. The summed E-state index contributed by atoms with van der Waals surface area (Å²) in [6, 6.07) is 0. The van der Waals surface area contributed by atoms with Gasteiger partial charge in [0.05, 0.1) is 11.9 Å². The van der Waals surface area contributed by atoms with E-state index in [9.17, 15) is 19.8 Å². The number of carboxylic acids is 2. The van der Waals surface area contributed by atoms with E-state index in [0.717, 1.165) is 23.5 Å². The zero-order valence-corrected chi connectivity index (χ0v) is 8.94. The van der Waals surface area contributed by atoms with E-state index in [1.165, 1.54) is 13.8 Å². The SMILES string of the molecule is C[C@@H](SCS[C@H](C)C(=O)[O-])C(=O)[O-]. The summed E-state index contributed by atoms with van der Waals surface area (Å²) in [5, 5.41) is 19.7. The minimum absolute atomic E-state index is 0.407. The number of carboxylic acid groups (broad SMARTS) is 2. The second-order valence-electron chi connectivity index (χ2n) is 2.37. The molecule has 0 fully saturated rings. The molecule has 13 heavy (non-hydrogen) atoms. The third-order valence-electron chi connectivity index (χ3n) is 1.30. The molecule has 0 saturated heterocycles. The molecule has 0 radical (unpaired) electrons. The summed E-state index contributed by atoms with van der Waals surface area (Å²) < 4.78 is 0. The summed E-state index contributed by atoms with van der Waals surface area (Å²) in [6.45, 7) is 3.01. The predicted molar refractivity (Wildman–Crippen MR) is 49.0 cm³/mol. The molecule has 0 rings (SSSR count). The van der Waals surface area contributed by atoms with Gasteiger partial charge in [0.2, 0.25) is 0 Å². The lowest BCUT2D eigenvalue weighted by molar-refractivity contribution is -0.305. The van der Waals surface area contributed by atoms with Crippen LogP contribution in [0.4, 0.5) is 0 Å². The van der Waals surface area contributed by atoms with Gasteiger partial charge >= 0.3 is 0 Å². The van der Waals surface area contributed by atoms with Crippen LogP contribution in [0.5, 0.6) is 0 Å². The molecule has 0 aromatic rings. The molecule has 0 aromatic carbocycles. The van der Waals surface area contributed by atoms with Crippen molar-refractivity contribution in [2.45, 2.75) is 24.3 Å². The van der Waals surface area contributed by atoms with Crippen LogP contribution >= 0.6 is 23.5 Å². The van der Waals surface area contributed by atoms with Crippen LogP contribution in [0.1, 0.15) is 13.8 Å². The van der Waals surface area contributed by atoms with E-state index in [2.05, 4.69) is 0 Å². The largest absolute Gasteiger partial charge is 0.549 e. The Morgan fingerprint density at radius 2 is 1.38 bits per heavy atom. The van der Waals surface area contributed by atoms with E-state index in [4.69, 9.17) is 0 Å². The smallest absolute Gasteiger partial charge is 0.0542 e. The van der Waals surface area contributed by atoms with Gasteiger partial charge in [-0.05, 0) is 13.8 Å². The summed E-state index contributed by atoms with van der Waals surface area (Å²) in [5.41, 5.74) is 0. The Balaban J connectivity index is 3.56. The van der Waals surface area contributed by atoms with Gasteiger partial charge in [-0.15, -0.1) is 23.5 Å². The number of hydrogen-bond acceptors (Lipinski definition) is 6. The summed E-state index contributed by atoms with van der Waals surface area (Å²) in [5.74, 6) is -2.27. The van der Waals surface area contributed by atoms with E-state index in [1.807, 2.05) is 0 Å². The third-order valence-corrected chi connectivity index (χ3v) is 3.77. The van der Waals surface area contributed by atoms with Gasteiger partial charge in [0.25, 0.3) is 0 Å². The first-order chi connectivity index (χ1) is 5.95. The molecule has 0 aliphatic rings. The number of carbonyl (C=O) groups excluding carboxylic acids is 2. The highest BCUT2D eigenvalue weighted by Crippen LogP contribution is 2.20. The molecule has 0 unspecified atom stereocenters. The summed E-state index contributed by atoms with van der Waals surface area (Å²) in [6.07, 6.45) is 0. The normalized spacial score (nSPS) is 14.9. The van der Waals surface area contributed by atoms with E-state index < -0.39 is 22.4 Å². The van der Waals surface area contributed by atoms with Gasteiger partial charge in [-0.3, -0.25) is 0 Å². The number of aliphatic carboxylic acids is 2. The average molecular weight is 222 g/mol. The molecule has 4 nitrogen and oxygen atoms in total. The number of hydrogen-bond donors (Lipinski definition) is 0. The van der Waals surface area contributed by atoms with Crippen LogP contribution in [0, 0.1) is 0 Å². The van der Waals surface area contributed by atoms with Crippen molar-refractivity contribution in [3.63, 3.8) is 0 Å². The first-order valence-electron chi connectivity index (χ1n) is 3.60. The van der Waals surface area contributed by atoms with E-state index in [-0.39, 0.29) is 0 Å². The topological polar surface area (TPSA) is 80.3 Å². The maximum absolute atomic E-state index is 10.2. The molecule has 6 heteroatoms. The standard InChI is InChI=1S/C7H12O4S2/c1-4(6(8)9)12-3-13-5(2)7(10)11/h4-5H,3H2,1-2H3,(H,8,9)(H,10,11)/p-2/t4-,5-/m1/s1. The number of carbonyl (C=O) groups is 2. The van der Waals surface area contributed by atoms with Crippen molar-refractivity contribution >= 4 is 35.5 Å². The quantitative estimate of drug-likeness (QED) is 0.519. The van der Waals surface area contributed by atoms with Crippen LogP contribution in [-0.2, 0) is 9.59 Å². The average Bonchev–Trinajstić information content (AvgIpc) is 2.03. The predicted octanol–water partition coefficient (Wildman–Crippen LogP) is -1.31. The van der Waals surface area contributed by atoms with Gasteiger partial charge in [-0.1, -0.05) is 0 Å². The van der Waals surface area contributed by atoms with Crippen molar-refractivity contribution in [3.05, 3.63) is 0 Å². The van der Waals surface area contributed by atoms with Crippen LogP contribution in [0.25, 0.3) is 0 Å². The van der Waals surface area contributed by atoms with E-state index in [0.29, 0.717) is 5.08 Å². The van der Waals surface area contributed by atoms with Gasteiger partial charge < -0.3 is 19.8 Å². The fraction of sp³-hybridized carbons (Fsp3) is 0.714. The van der Waals surface area contributed by atoms with Gasteiger partial charge in [0.1, 0.15) is 0 Å². The molecule has 76 valence electrons. The molecule has 0 bridgehead atoms. The van der Waals surface area contributed by atoms with Crippen LogP contribution in [-0.4, -0.2) is 27.5 Å². The lowest BCUT2D eigenvalue weighted by atomic mass is 10.5. The summed E-state index contributed by atoms with van der Waals surface area (Å²) >= 11 is 2.28. The highest BCUT2D eigenvalue weighted by Gasteiger charge is 2.06. The van der Waals surface area contributed by atoms with Gasteiger partial charge in [-0.25, -0.2) is 0 Å². The van der Waals surface area contributed by atoms with E-state index >= 15 is 0 Å². The van der Waals surface area contributed by atoms with Crippen molar-refractivity contribution in [2.24, 2.45) is 0 Å². The van der Waals surface area contributed by atoms with Crippen molar-refractivity contribution in [1.82, 2.24) is 0 Å². The Morgan fingerprint density at radius 1 is 1.08 bits per heavy atom. The van der Waals surface area contributed by atoms with Crippen molar-refractivity contribution in [2.75, 3.05) is 5.08 Å². The Morgan fingerprint density at radius 3 is 1.62 bits per heavy atom. The van der Waals surface area contributed by atoms with Gasteiger partial charge in [0, 0.05) is 15.6 Å². The van der Waals surface area contributed by atoms with Crippen LogP contribution < -0.4 is 10.2 Å². The molecule has 0 amide bonds. The molecule has 0 saturated carbocycles. The fourth-order valence-corrected chi connectivity index (χ4v) is 2.60. The number of thioether (sulfide) groups is 2. The maximum Gasteiger partial charge on any atom is 0.0542 e. The minimum atomic E-state index is -1.13. The minimum Gasteiger partial charge on any atom is -0.549 e. The first-order valence-corrected chi connectivity index (χ1v) is 5.69. The molecular formula is C7H10O4S2-2. The Bertz CT molecular complexity index is 175. The molecule has 0 N–H and O–H groups in total. The molecular weight excluding hydrogens is 212 g/mol. The number of rotatable bonds is 6. The fourth-order valence-electron chi connectivity index (χ4n) is 0.379. The molecule has 0 aromatic heterocycles. The highest BCUT2D eigenvalue weighted by atomic mass is 32.2. The molecule has 0 heterocycles. The van der Waals surface area contributed by atoms with Crippen LogP contribution in [0.2, 0.25) is 0 Å². The highest BCUT2D eigenvalue weighted by molar-refractivity contribution is 8.17. The van der Waals surface area contributed by atoms with Crippen molar-refractivity contribution in [3.8, 4) is 0 Å². The third kappa shape index (κ3) is 5.81. The van der Waals surface area contributed by atoms with E-state index in [1.54, 1.807) is 0 Å². The first kappa shape index (κ1) is 12.6. The molecule has 0 aliphatic carbocycles. The summed E-state index contributed by atoms with van der Waals surface area (Å²) in [7, 11) is 0. The van der Waals surface area contributed by atoms with Crippen molar-refractivity contribution < 1.29 is 19.8 Å². The molecule has 0 aliphatic heterocycles. The van der Waals surface area contributed by atoms with Crippen LogP contribution in [0.15, 0.2) is 0 Å². The summed E-state index contributed by atoms with van der Waals surface area (Å²) in [4.78, 5) is 20.5. The Kier molecular flexibility index (Phi) is 5.98. The van der Waals surface area contributed by atoms with Gasteiger partial charge in [-0.2, -0.15) is 0 Å². The lowest BCUT2D eigenvalue weighted by Crippen LogP contribution is -2.32. The lowest BCUT2D eigenvalue weighted by Gasteiger charge is -2.14. The van der Waals surface area contributed by atoms with Gasteiger partial charge in [0.15, 0.2) is 0 Å². The second kappa shape index (κ2) is 6.15. The maximum atomic E-state index is 10.2.